The Hall–Kier alpha value is -0.950. The van der Waals surface area contributed by atoms with E-state index in [2.05, 4.69) is 34.6 Å². The van der Waals surface area contributed by atoms with E-state index in [1.165, 1.54) is 32.6 Å². The highest BCUT2D eigenvalue weighted by Crippen LogP contribution is 2.76. The van der Waals surface area contributed by atoms with Gasteiger partial charge in [0.05, 0.1) is 24.2 Å². The first kappa shape index (κ1) is 27.6. The number of epoxide rings is 1. The third kappa shape index (κ3) is 3.75. The van der Waals surface area contributed by atoms with Gasteiger partial charge in [0.15, 0.2) is 0 Å². The van der Waals surface area contributed by atoms with Gasteiger partial charge in [-0.3, -0.25) is 4.79 Å². The zero-order valence-corrected chi connectivity index (χ0v) is 23.8. The van der Waals surface area contributed by atoms with Gasteiger partial charge in [-0.25, -0.2) is 0 Å². The first-order chi connectivity index (χ1) is 17.4. The molecular weight excluding hydrogens is 468 g/mol. The quantitative estimate of drug-likeness (QED) is 0.243. The summed E-state index contributed by atoms with van der Waals surface area (Å²) in [6.07, 6.45) is 8.27. The lowest BCUT2D eigenvalue weighted by Crippen LogP contribution is -2.72. The van der Waals surface area contributed by atoms with Gasteiger partial charge in [0.25, 0.3) is 0 Å². The second-order valence-corrected chi connectivity index (χ2v) is 14.0. The van der Waals surface area contributed by atoms with E-state index >= 15 is 0 Å². The van der Waals surface area contributed by atoms with Crippen LogP contribution in [0.15, 0.2) is 11.6 Å². The Bertz CT molecular complexity index is 931. The van der Waals surface area contributed by atoms with Crippen molar-refractivity contribution in [3.63, 3.8) is 0 Å². The van der Waals surface area contributed by atoms with E-state index in [-0.39, 0.29) is 30.5 Å². The van der Waals surface area contributed by atoms with Crippen molar-refractivity contribution in [2.45, 2.75) is 129 Å². The van der Waals surface area contributed by atoms with E-state index in [0.29, 0.717) is 30.6 Å². The molecule has 0 aromatic heterocycles. The number of esters is 1. The van der Waals surface area contributed by atoms with Crippen molar-refractivity contribution in [1.82, 2.24) is 0 Å². The molecule has 210 valence electrons. The average molecular weight is 519 g/mol. The maximum atomic E-state index is 12.2. The van der Waals surface area contributed by atoms with Crippen LogP contribution in [0.2, 0.25) is 0 Å². The summed E-state index contributed by atoms with van der Waals surface area (Å²) < 4.78 is 12.4. The number of aliphatic hydroxyl groups is 3. The number of fused-ring (bicyclic) bond motifs is 3. The van der Waals surface area contributed by atoms with E-state index in [1.54, 1.807) is 0 Å². The number of rotatable bonds is 8. The number of carbonyl (C=O) groups is 1. The van der Waals surface area contributed by atoms with Gasteiger partial charge in [-0.1, -0.05) is 47.5 Å². The molecular formula is C31H50O6. The smallest absolute Gasteiger partial charge is 0.303 e. The fourth-order valence-electron chi connectivity index (χ4n) is 10.0. The molecule has 0 bridgehead atoms. The zero-order chi connectivity index (χ0) is 27.0. The minimum atomic E-state index is -1.56. The Balaban J connectivity index is 1.50. The van der Waals surface area contributed by atoms with Gasteiger partial charge < -0.3 is 24.8 Å². The SMILES string of the molecule is CCC(CC[C@@H](C)[C@H]1CCC2C3=C[C@H](OC(C)=O)[C@@]4(O)C[C@@H](O)CC[C@]4(CO)[C@]34O[C@@H]4C[C@@]21C)C(C)C. The van der Waals surface area contributed by atoms with Crippen molar-refractivity contribution in [3.8, 4) is 0 Å². The van der Waals surface area contributed by atoms with Gasteiger partial charge in [-0.05, 0) is 85.2 Å². The maximum Gasteiger partial charge on any atom is 0.303 e. The summed E-state index contributed by atoms with van der Waals surface area (Å²) in [7, 11) is 0. The van der Waals surface area contributed by atoms with Crippen molar-refractivity contribution < 1.29 is 29.6 Å². The molecule has 1 aliphatic heterocycles. The van der Waals surface area contributed by atoms with E-state index in [0.717, 1.165) is 24.3 Å². The molecule has 0 aromatic rings. The van der Waals surface area contributed by atoms with Gasteiger partial charge in [0.2, 0.25) is 0 Å². The number of ether oxygens (including phenoxy) is 2. The predicted molar refractivity (Wildman–Crippen MR) is 142 cm³/mol. The molecule has 11 atom stereocenters. The topological polar surface area (TPSA) is 99.5 Å². The van der Waals surface area contributed by atoms with Gasteiger partial charge in [-0.15, -0.1) is 0 Å². The summed E-state index contributed by atoms with van der Waals surface area (Å²) in [5, 5.41) is 33.7. The van der Waals surface area contributed by atoms with E-state index in [9.17, 15) is 20.1 Å². The molecule has 6 heteroatoms. The van der Waals surface area contributed by atoms with Gasteiger partial charge >= 0.3 is 5.97 Å². The van der Waals surface area contributed by atoms with Crippen molar-refractivity contribution in [1.29, 1.82) is 0 Å². The predicted octanol–water partition coefficient (Wildman–Crippen LogP) is 4.79. The Morgan fingerprint density at radius 3 is 2.54 bits per heavy atom. The summed E-state index contributed by atoms with van der Waals surface area (Å²) in [6.45, 7) is 13.0. The lowest BCUT2D eigenvalue weighted by molar-refractivity contribution is -0.237. The summed E-state index contributed by atoms with van der Waals surface area (Å²) in [6, 6.07) is 0. The fourth-order valence-corrected chi connectivity index (χ4v) is 10.0. The lowest BCUT2D eigenvalue weighted by atomic mass is 9.44. The number of hydrogen-bond acceptors (Lipinski definition) is 6. The molecule has 2 unspecified atom stereocenters. The molecule has 3 N–H and O–H groups in total. The third-order valence-electron chi connectivity index (χ3n) is 12.1. The highest BCUT2D eigenvalue weighted by molar-refractivity contribution is 5.67. The molecule has 4 aliphatic carbocycles. The Morgan fingerprint density at radius 1 is 1.19 bits per heavy atom. The Morgan fingerprint density at radius 2 is 1.92 bits per heavy atom. The number of carbonyl (C=O) groups excluding carboxylic acids is 1. The molecule has 3 saturated carbocycles. The molecule has 5 rings (SSSR count). The molecule has 4 fully saturated rings. The normalized spacial score (nSPS) is 47.7. The summed E-state index contributed by atoms with van der Waals surface area (Å²) in [5.74, 6) is 2.52. The van der Waals surface area contributed by atoms with Crippen LogP contribution < -0.4 is 0 Å². The van der Waals surface area contributed by atoms with E-state index in [4.69, 9.17) is 9.47 Å². The molecule has 37 heavy (non-hydrogen) atoms. The van der Waals surface area contributed by atoms with Crippen molar-refractivity contribution in [2.24, 2.45) is 40.4 Å². The fraction of sp³-hybridized carbons (Fsp3) is 0.903. The van der Waals surface area contributed by atoms with Crippen LogP contribution >= 0.6 is 0 Å². The first-order valence-electron chi connectivity index (χ1n) is 15.0. The zero-order valence-electron chi connectivity index (χ0n) is 23.8. The molecule has 0 amide bonds. The highest BCUT2D eigenvalue weighted by atomic mass is 16.6. The summed E-state index contributed by atoms with van der Waals surface area (Å²) in [5.41, 5.74) is -2.04. The van der Waals surface area contributed by atoms with Gasteiger partial charge in [0, 0.05) is 13.3 Å². The lowest BCUT2D eigenvalue weighted by Gasteiger charge is -2.61. The van der Waals surface area contributed by atoms with Gasteiger partial charge in [0.1, 0.15) is 17.3 Å². The van der Waals surface area contributed by atoms with Gasteiger partial charge in [-0.2, -0.15) is 0 Å². The molecule has 1 saturated heterocycles. The molecule has 0 radical (unpaired) electrons. The average Bonchev–Trinajstić information content (AvgIpc) is 3.43. The van der Waals surface area contributed by atoms with Crippen LogP contribution in [-0.4, -0.2) is 57.4 Å². The molecule has 0 aromatic carbocycles. The number of hydrogen-bond donors (Lipinski definition) is 3. The minimum Gasteiger partial charge on any atom is -0.455 e. The first-order valence-corrected chi connectivity index (χ1v) is 15.0. The van der Waals surface area contributed by atoms with Crippen molar-refractivity contribution >= 4 is 5.97 Å². The van der Waals surface area contributed by atoms with Crippen LogP contribution in [0, 0.1) is 40.4 Å². The second-order valence-electron chi connectivity index (χ2n) is 14.0. The molecule has 1 heterocycles. The van der Waals surface area contributed by atoms with E-state index < -0.39 is 34.8 Å². The van der Waals surface area contributed by atoms with Crippen LogP contribution in [0.5, 0.6) is 0 Å². The minimum absolute atomic E-state index is 0.0564. The Kier molecular flexibility index (Phi) is 6.95. The molecule has 1 spiro atoms. The van der Waals surface area contributed by atoms with Crippen LogP contribution in [0.4, 0.5) is 0 Å². The van der Waals surface area contributed by atoms with Crippen molar-refractivity contribution in [3.05, 3.63) is 11.6 Å². The second kappa shape index (κ2) is 9.31. The maximum absolute atomic E-state index is 12.2. The largest absolute Gasteiger partial charge is 0.455 e. The van der Waals surface area contributed by atoms with Crippen LogP contribution in [0.25, 0.3) is 0 Å². The van der Waals surface area contributed by atoms with E-state index in [1.807, 2.05) is 6.08 Å². The molecule has 5 aliphatic rings. The monoisotopic (exact) mass is 518 g/mol. The summed E-state index contributed by atoms with van der Waals surface area (Å²) in [4.78, 5) is 12.2. The number of aliphatic hydroxyl groups excluding tert-OH is 2. The van der Waals surface area contributed by atoms with Crippen molar-refractivity contribution in [2.75, 3.05) is 6.61 Å². The van der Waals surface area contributed by atoms with Crippen LogP contribution in [0.1, 0.15) is 99.3 Å². The third-order valence-corrected chi connectivity index (χ3v) is 12.1. The summed E-state index contributed by atoms with van der Waals surface area (Å²) >= 11 is 0. The highest BCUT2D eigenvalue weighted by Gasteiger charge is 2.83. The standard InChI is InChI=1S/C31H50O6/c1-7-21(18(2)3)9-8-19(4)23-10-11-24-25-14-26(36-20(5)33)30(35)15-22(34)12-13-29(30,17-32)31(25)27(37-31)16-28(23,24)6/h14,18-19,21-24,26-27,32,34-35H,7-13,15-17H2,1-6H3/t19-,21?,22+,23-,24?,26+,27-,28-,29-,30+,31+/m1/s1. The van der Waals surface area contributed by atoms with Crippen LogP contribution in [-0.2, 0) is 14.3 Å². The van der Waals surface area contributed by atoms with Crippen LogP contribution in [0.3, 0.4) is 0 Å². The Labute approximate surface area is 223 Å². The molecule has 6 nitrogen and oxygen atoms in total.